The zero-order chi connectivity index (χ0) is 18.0. The van der Waals surface area contributed by atoms with Crippen LogP contribution in [-0.2, 0) is 4.74 Å². The molecule has 0 radical (unpaired) electrons. The molecule has 0 spiro atoms. The largest absolute Gasteiger partial charge is 0.378 e. The Morgan fingerprint density at radius 2 is 1.44 bits per heavy atom. The van der Waals surface area contributed by atoms with E-state index in [0.717, 1.165) is 31.6 Å². The first-order valence-corrected chi connectivity index (χ1v) is 10.5. The normalized spacial score (nSPS) is 49.6. The third-order valence-corrected chi connectivity index (χ3v) is 7.53. The monoisotopic (exact) mass is 360 g/mol. The summed E-state index contributed by atoms with van der Waals surface area (Å²) in [6.45, 7) is 2.30. The van der Waals surface area contributed by atoms with Crippen LogP contribution in [0.2, 0.25) is 0 Å². The van der Waals surface area contributed by atoms with Gasteiger partial charge in [0.15, 0.2) is 6.17 Å². The van der Waals surface area contributed by atoms with Gasteiger partial charge in [-0.25, -0.2) is 13.2 Å². The standard InChI is InChI=1S/C21H35F3O/c1-13-4-3-5-14(7-6-13)16-9-8-15(12-18(16)22)17-10-11-19(25-2)21(24)20(17)23/h13-21H,3-12H2,1-2H3. The fraction of sp³-hybridized carbons (Fsp3) is 1.00. The molecule has 4 heteroatoms. The molecule has 0 saturated heterocycles. The lowest BCUT2D eigenvalue weighted by Crippen LogP contribution is -2.46. The Balaban J connectivity index is 1.56. The Morgan fingerprint density at radius 3 is 2.16 bits per heavy atom. The van der Waals surface area contributed by atoms with Crippen LogP contribution in [0.1, 0.15) is 71.1 Å². The average Bonchev–Trinajstić information content (AvgIpc) is 2.82. The third kappa shape index (κ3) is 4.36. The van der Waals surface area contributed by atoms with Crippen molar-refractivity contribution in [3.63, 3.8) is 0 Å². The summed E-state index contributed by atoms with van der Waals surface area (Å²) in [5.74, 6) is 1.09. The predicted molar refractivity (Wildman–Crippen MR) is 94.8 cm³/mol. The molecule has 146 valence electrons. The number of ether oxygens (including phenoxy) is 1. The molecule has 0 amide bonds. The van der Waals surface area contributed by atoms with Gasteiger partial charge in [0.2, 0.25) is 0 Å². The van der Waals surface area contributed by atoms with Crippen molar-refractivity contribution >= 4 is 0 Å². The molecule has 3 aliphatic carbocycles. The van der Waals surface area contributed by atoms with Crippen LogP contribution in [0.4, 0.5) is 13.2 Å². The van der Waals surface area contributed by atoms with Crippen molar-refractivity contribution in [1.29, 1.82) is 0 Å². The number of hydrogen-bond donors (Lipinski definition) is 0. The summed E-state index contributed by atoms with van der Waals surface area (Å²) in [7, 11) is 1.45. The summed E-state index contributed by atoms with van der Waals surface area (Å²) in [6, 6.07) is 0. The van der Waals surface area contributed by atoms with E-state index in [0.29, 0.717) is 25.2 Å². The summed E-state index contributed by atoms with van der Waals surface area (Å²) in [6.07, 6.45) is 4.84. The van der Waals surface area contributed by atoms with Crippen LogP contribution < -0.4 is 0 Å². The Kier molecular flexibility index (Phi) is 6.73. The maximum absolute atomic E-state index is 15.0. The number of halogens is 3. The first kappa shape index (κ1) is 19.5. The predicted octanol–water partition coefficient (Wildman–Crippen LogP) is 6.06. The van der Waals surface area contributed by atoms with E-state index < -0.39 is 24.6 Å². The van der Waals surface area contributed by atoms with Crippen molar-refractivity contribution in [3.8, 4) is 0 Å². The Labute approximate surface area is 151 Å². The molecule has 0 N–H and O–H groups in total. The van der Waals surface area contributed by atoms with E-state index >= 15 is 0 Å². The van der Waals surface area contributed by atoms with Crippen LogP contribution in [0.3, 0.4) is 0 Å². The second-order valence-corrected chi connectivity index (χ2v) is 9.03. The van der Waals surface area contributed by atoms with Crippen molar-refractivity contribution in [2.75, 3.05) is 7.11 Å². The maximum Gasteiger partial charge on any atom is 0.157 e. The summed E-state index contributed by atoms with van der Waals surface area (Å²) in [5.41, 5.74) is 0. The molecular formula is C21H35F3O. The van der Waals surface area contributed by atoms with Gasteiger partial charge in [-0.1, -0.05) is 32.6 Å². The molecule has 9 unspecified atom stereocenters. The van der Waals surface area contributed by atoms with Gasteiger partial charge in [-0.15, -0.1) is 0 Å². The summed E-state index contributed by atoms with van der Waals surface area (Å²) in [4.78, 5) is 0. The second kappa shape index (κ2) is 8.63. The average molecular weight is 361 g/mol. The summed E-state index contributed by atoms with van der Waals surface area (Å²) >= 11 is 0. The molecule has 0 heterocycles. The van der Waals surface area contributed by atoms with Crippen molar-refractivity contribution in [2.24, 2.45) is 29.6 Å². The molecular weight excluding hydrogens is 325 g/mol. The molecule has 1 nitrogen and oxygen atoms in total. The fourth-order valence-electron chi connectivity index (χ4n) is 5.89. The fourth-order valence-corrected chi connectivity index (χ4v) is 5.89. The Morgan fingerprint density at radius 1 is 0.720 bits per heavy atom. The highest BCUT2D eigenvalue weighted by Gasteiger charge is 2.46. The SMILES string of the molecule is COC1CCC(C2CCC(C3CCCC(C)CC3)C(F)C2)C(F)C1F. The highest BCUT2D eigenvalue weighted by Crippen LogP contribution is 2.47. The molecule has 3 fully saturated rings. The molecule has 25 heavy (non-hydrogen) atoms. The Bertz CT molecular complexity index is 418. The minimum atomic E-state index is -1.55. The summed E-state index contributed by atoms with van der Waals surface area (Å²) in [5, 5.41) is 0. The molecule has 0 aromatic carbocycles. The molecule has 3 saturated carbocycles. The molecule has 0 aromatic heterocycles. The minimum Gasteiger partial charge on any atom is -0.378 e. The quantitative estimate of drug-likeness (QED) is 0.556. The zero-order valence-electron chi connectivity index (χ0n) is 15.8. The first-order valence-electron chi connectivity index (χ1n) is 10.5. The van der Waals surface area contributed by atoms with Gasteiger partial charge in [0, 0.05) is 7.11 Å². The van der Waals surface area contributed by atoms with Crippen LogP contribution in [0.5, 0.6) is 0 Å². The van der Waals surface area contributed by atoms with Gasteiger partial charge in [0.25, 0.3) is 0 Å². The lowest BCUT2D eigenvalue weighted by molar-refractivity contribution is -0.0779. The summed E-state index contributed by atoms with van der Waals surface area (Å²) < 4.78 is 48.8. The van der Waals surface area contributed by atoms with Crippen LogP contribution in [0, 0.1) is 29.6 Å². The lowest BCUT2D eigenvalue weighted by atomic mass is 9.66. The van der Waals surface area contributed by atoms with Gasteiger partial charge in [-0.2, -0.15) is 0 Å². The molecule has 0 aromatic rings. The van der Waals surface area contributed by atoms with E-state index in [1.165, 1.54) is 26.4 Å². The van der Waals surface area contributed by atoms with Crippen LogP contribution in [0.15, 0.2) is 0 Å². The van der Waals surface area contributed by atoms with Crippen molar-refractivity contribution < 1.29 is 17.9 Å². The number of rotatable bonds is 3. The van der Waals surface area contributed by atoms with Gasteiger partial charge in [-0.05, 0) is 68.1 Å². The molecule has 0 bridgehead atoms. The van der Waals surface area contributed by atoms with E-state index in [-0.39, 0.29) is 17.8 Å². The lowest BCUT2D eigenvalue weighted by Gasteiger charge is -2.43. The van der Waals surface area contributed by atoms with Crippen molar-refractivity contribution in [2.45, 2.75) is 95.8 Å². The third-order valence-electron chi connectivity index (χ3n) is 7.53. The molecule has 3 aliphatic rings. The van der Waals surface area contributed by atoms with Crippen LogP contribution in [-0.4, -0.2) is 31.7 Å². The highest BCUT2D eigenvalue weighted by molar-refractivity contribution is 4.95. The van der Waals surface area contributed by atoms with Gasteiger partial charge in [0.1, 0.15) is 12.3 Å². The van der Waals surface area contributed by atoms with Gasteiger partial charge in [-0.3, -0.25) is 0 Å². The van der Waals surface area contributed by atoms with E-state index in [4.69, 9.17) is 4.74 Å². The maximum atomic E-state index is 15.0. The van der Waals surface area contributed by atoms with Crippen LogP contribution in [0.25, 0.3) is 0 Å². The number of alkyl halides is 3. The molecule has 0 aliphatic heterocycles. The molecule has 3 rings (SSSR count). The smallest absolute Gasteiger partial charge is 0.157 e. The van der Waals surface area contributed by atoms with E-state index in [2.05, 4.69) is 6.92 Å². The van der Waals surface area contributed by atoms with Gasteiger partial charge in [0.05, 0.1) is 6.10 Å². The first-order chi connectivity index (χ1) is 12.0. The van der Waals surface area contributed by atoms with E-state index in [1.807, 2.05) is 0 Å². The van der Waals surface area contributed by atoms with Gasteiger partial charge >= 0.3 is 0 Å². The minimum absolute atomic E-state index is 0.00186. The number of hydrogen-bond acceptors (Lipinski definition) is 1. The Hall–Kier alpha value is -0.250. The van der Waals surface area contributed by atoms with Crippen molar-refractivity contribution in [3.05, 3.63) is 0 Å². The molecule has 9 atom stereocenters. The van der Waals surface area contributed by atoms with E-state index in [1.54, 1.807) is 0 Å². The topological polar surface area (TPSA) is 9.23 Å². The highest BCUT2D eigenvalue weighted by atomic mass is 19.2. The number of methoxy groups -OCH3 is 1. The van der Waals surface area contributed by atoms with Crippen molar-refractivity contribution in [1.82, 2.24) is 0 Å². The van der Waals surface area contributed by atoms with Gasteiger partial charge < -0.3 is 4.74 Å². The van der Waals surface area contributed by atoms with Crippen LogP contribution >= 0.6 is 0 Å². The second-order valence-electron chi connectivity index (χ2n) is 9.03. The zero-order valence-corrected chi connectivity index (χ0v) is 15.8. The van der Waals surface area contributed by atoms with E-state index in [9.17, 15) is 13.2 Å².